The molecule has 1 saturated carbocycles. The van der Waals surface area contributed by atoms with Gasteiger partial charge in [0, 0.05) is 73.4 Å². The largest absolute Gasteiger partial charge is 0.453 e. The minimum Gasteiger partial charge on any atom is -0.453 e. The third-order valence-electron chi connectivity index (χ3n) is 9.69. The number of hydrogen-bond acceptors (Lipinski definition) is 8. The van der Waals surface area contributed by atoms with Crippen LogP contribution in [0.15, 0.2) is 110 Å². The van der Waals surface area contributed by atoms with Crippen LogP contribution in [-0.4, -0.2) is 53.7 Å². The van der Waals surface area contributed by atoms with E-state index in [2.05, 4.69) is 41.2 Å². The van der Waals surface area contributed by atoms with Crippen LogP contribution in [-0.2, 0) is 14.1 Å². The molecule has 8 aromatic rings. The monoisotopic (exact) mass is 890 g/mol. The average molecular weight is 892 g/mol. The van der Waals surface area contributed by atoms with Crippen LogP contribution >= 0.6 is 23.2 Å². The number of benzene rings is 4. The number of anilines is 2. The summed E-state index contributed by atoms with van der Waals surface area (Å²) in [6.07, 6.45) is 12.4. The van der Waals surface area contributed by atoms with E-state index >= 15 is 0 Å². The Balaban J connectivity index is 0.000000173. The molecule has 0 unspecified atom stereocenters. The molecule has 0 atom stereocenters. The molecule has 0 aliphatic heterocycles. The van der Waals surface area contributed by atoms with Gasteiger partial charge in [0.15, 0.2) is 23.1 Å². The number of carbonyl (C=O) groups is 2. The molecule has 0 bridgehead atoms. The van der Waals surface area contributed by atoms with Crippen LogP contribution in [0.3, 0.4) is 0 Å². The van der Waals surface area contributed by atoms with Gasteiger partial charge in [-0.25, -0.2) is 28.3 Å². The van der Waals surface area contributed by atoms with Crippen molar-refractivity contribution in [1.82, 2.24) is 39.7 Å². The zero-order valence-electron chi connectivity index (χ0n) is 33.9. The predicted octanol–water partition coefficient (Wildman–Crippen LogP) is 10.9. The van der Waals surface area contributed by atoms with Crippen LogP contribution < -0.4 is 30.7 Å². The maximum Gasteiger partial charge on any atom is 0.319 e. The van der Waals surface area contributed by atoms with Gasteiger partial charge in [0.25, 0.3) is 0 Å². The van der Waals surface area contributed by atoms with Crippen LogP contribution in [0.1, 0.15) is 19.8 Å². The number of carbonyl (C=O) groups excluding carboxylic acids is 2. The third kappa shape index (κ3) is 9.77. The Labute approximate surface area is 369 Å². The molecule has 4 amide bonds. The van der Waals surface area contributed by atoms with Gasteiger partial charge in [-0.05, 0) is 80.4 Å². The van der Waals surface area contributed by atoms with E-state index in [1.54, 1.807) is 44.1 Å². The van der Waals surface area contributed by atoms with Crippen LogP contribution in [0, 0.1) is 11.6 Å². The summed E-state index contributed by atoms with van der Waals surface area (Å²) in [4.78, 5) is 41.1. The number of rotatable bonds is 10. The predicted molar refractivity (Wildman–Crippen MR) is 239 cm³/mol. The highest BCUT2D eigenvalue weighted by Crippen LogP contribution is 2.39. The Morgan fingerprint density at radius 1 is 0.667 bits per heavy atom. The second kappa shape index (κ2) is 18.4. The minimum absolute atomic E-state index is 0.0514. The van der Waals surface area contributed by atoms with Crippen LogP contribution in [0.5, 0.6) is 23.0 Å². The second-order valence-corrected chi connectivity index (χ2v) is 15.2. The molecule has 4 aromatic carbocycles. The number of fused-ring (bicyclic) bond motifs is 2. The molecule has 1 aliphatic carbocycles. The zero-order valence-corrected chi connectivity index (χ0v) is 35.4. The summed E-state index contributed by atoms with van der Waals surface area (Å²) in [6.45, 7) is 2.21. The van der Waals surface area contributed by atoms with Crippen LogP contribution in [0.2, 0.25) is 10.0 Å². The van der Waals surface area contributed by atoms with Gasteiger partial charge in [0.2, 0.25) is 0 Å². The fraction of sp³-hybridized carbons (Fsp3) is 0.156. The number of nitrogens with one attached hydrogen (secondary N) is 4. The van der Waals surface area contributed by atoms with Crippen molar-refractivity contribution in [1.29, 1.82) is 0 Å². The first kappa shape index (κ1) is 42.4. The topological polar surface area (TPSA) is 162 Å². The van der Waals surface area contributed by atoms with Crippen molar-refractivity contribution < 1.29 is 27.8 Å². The van der Waals surface area contributed by atoms with Crippen LogP contribution in [0.25, 0.3) is 44.3 Å². The lowest BCUT2D eigenvalue weighted by Crippen LogP contribution is -2.30. The first-order valence-corrected chi connectivity index (χ1v) is 20.4. The lowest BCUT2D eigenvalue weighted by molar-refractivity contribution is 0.251. The second-order valence-electron chi connectivity index (χ2n) is 14.5. The average Bonchev–Trinajstić information content (AvgIpc) is 3.80. The van der Waals surface area contributed by atoms with Gasteiger partial charge in [-0.3, -0.25) is 9.97 Å². The summed E-state index contributed by atoms with van der Waals surface area (Å²) in [7, 11) is 3.81. The summed E-state index contributed by atoms with van der Waals surface area (Å²) in [6, 6.07) is 19.8. The third-order valence-corrected chi connectivity index (χ3v) is 10.4. The molecule has 4 heterocycles. The number of urea groups is 2. The minimum atomic E-state index is -0.772. The maximum atomic E-state index is 14.9. The summed E-state index contributed by atoms with van der Waals surface area (Å²) in [5, 5.41) is 11.4. The van der Waals surface area contributed by atoms with E-state index in [0.29, 0.717) is 39.8 Å². The molecule has 4 aromatic heterocycles. The van der Waals surface area contributed by atoms with E-state index in [1.165, 1.54) is 24.3 Å². The number of imidazole rings is 2. The SMILES string of the molecule is CCNC(=O)Nc1ccc(Oc2ccnc3cc(-c4cn(C)cn4)ccc23)c(F)c1Cl.Cn1cnc(-c2ccc3c(Oc4ccc(NC(=O)NC5CC5)c(Cl)c4F)ccnc3c2)c1. The van der Waals surface area contributed by atoms with Crippen molar-refractivity contribution in [2.24, 2.45) is 14.1 Å². The Hall–Kier alpha value is -7.30. The van der Waals surface area contributed by atoms with Crippen molar-refractivity contribution in [3.8, 4) is 45.5 Å². The summed E-state index contributed by atoms with van der Waals surface area (Å²) < 4.78 is 45.1. The van der Waals surface area contributed by atoms with Crippen molar-refractivity contribution in [3.05, 3.63) is 132 Å². The smallest absolute Gasteiger partial charge is 0.319 e. The fourth-order valence-electron chi connectivity index (χ4n) is 6.41. The Bertz CT molecular complexity index is 3010. The molecular formula is C45H38Cl2F2N10O4. The normalized spacial score (nSPS) is 12.0. The highest BCUT2D eigenvalue weighted by molar-refractivity contribution is 6.34. The van der Waals surface area contributed by atoms with Crippen molar-refractivity contribution >= 4 is 68.4 Å². The number of aryl methyl sites for hydroxylation is 2. The Kier molecular flexibility index (Phi) is 12.4. The van der Waals surface area contributed by atoms with Crippen molar-refractivity contribution in [2.75, 3.05) is 17.2 Å². The molecule has 4 N–H and O–H groups in total. The first-order chi connectivity index (χ1) is 30.4. The number of nitrogens with zero attached hydrogens (tertiary/aromatic N) is 6. The molecule has 9 rings (SSSR count). The highest BCUT2D eigenvalue weighted by atomic mass is 35.5. The number of amides is 4. The molecule has 0 saturated heterocycles. The Morgan fingerprint density at radius 2 is 1.14 bits per heavy atom. The van der Waals surface area contributed by atoms with E-state index in [-0.39, 0.29) is 39.0 Å². The number of hydrogen-bond donors (Lipinski definition) is 4. The number of pyridine rings is 2. The summed E-state index contributed by atoms with van der Waals surface area (Å²) in [5.74, 6) is -0.782. The quantitative estimate of drug-likeness (QED) is 0.105. The number of halogens is 4. The molecule has 320 valence electrons. The van der Waals surface area contributed by atoms with Gasteiger partial charge >= 0.3 is 12.1 Å². The van der Waals surface area contributed by atoms with Gasteiger partial charge in [-0.2, -0.15) is 0 Å². The number of ether oxygens (including phenoxy) is 2. The van der Waals surface area contributed by atoms with Gasteiger partial charge in [-0.15, -0.1) is 0 Å². The van der Waals surface area contributed by atoms with Crippen molar-refractivity contribution in [3.63, 3.8) is 0 Å². The molecule has 63 heavy (non-hydrogen) atoms. The summed E-state index contributed by atoms with van der Waals surface area (Å²) >= 11 is 12.2. The zero-order chi connectivity index (χ0) is 44.2. The Morgan fingerprint density at radius 3 is 1.57 bits per heavy atom. The molecule has 18 heteroatoms. The lowest BCUT2D eigenvalue weighted by atomic mass is 10.1. The summed E-state index contributed by atoms with van der Waals surface area (Å²) in [5.41, 5.74) is 5.17. The fourth-order valence-corrected chi connectivity index (χ4v) is 6.82. The highest BCUT2D eigenvalue weighted by Gasteiger charge is 2.24. The van der Waals surface area contributed by atoms with Gasteiger partial charge in [0.1, 0.15) is 21.5 Å². The first-order valence-electron chi connectivity index (χ1n) is 19.6. The van der Waals surface area contributed by atoms with Crippen molar-refractivity contribution in [2.45, 2.75) is 25.8 Å². The van der Waals surface area contributed by atoms with Gasteiger partial charge in [0.05, 0.1) is 46.5 Å². The molecular weight excluding hydrogens is 853 g/mol. The molecule has 0 spiro atoms. The molecule has 14 nitrogen and oxygen atoms in total. The van der Waals surface area contributed by atoms with E-state index in [0.717, 1.165) is 35.4 Å². The maximum absolute atomic E-state index is 14.9. The van der Waals surface area contributed by atoms with E-state index in [1.807, 2.05) is 72.0 Å². The van der Waals surface area contributed by atoms with E-state index < -0.39 is 23.7 Å². The van der Waals surface area contributed by atoms with E-state index in [4.69, 9.17) is 32.7 Å². The molecule has 1 aliphatic rings. The van der Waals surface area contributed by atoms with Gasteiger partial charge in [-0.1, -0.05) is 35.3 Å². The molecule has 1 fully saturated rings. The lowest BCUT2D eigenvalue weighted by Gasteiger charge is -2.13. The molecule has 0 radical (unpaired) electrons. The van der Waals surface area contributed by atoms with E-state index in [9.17, 15) is 18.4 Å². The van der Waals surface area contributed by atoms with Gasteiger partial charge < -0.3 is 39.9 Å². The standard InChI is InChI=1S/C23H19ClFN5O2.C22H19ClFN5O2/c1-30-11-18(27-12-30)13-2-5-15-17(10-13)26-9-8-19(15)32-20-7-6-16(21(24)22(20)25)29-23(31)28-14-3-4-14;1-3-25-22(30)28-15-6-7-19(21(24)20(15)23)31-18-8-9-26-16-10-13(4-5-14(16)18)17-11-29(2)12-27-17/h2,5-12,14H,3-4H2,1H3,(H2,28,29,31);4-12H,3H2,1-2H3,(H2,25,28,30). The van der Waals surface area contributed by atoms with Crippen LogP contribution in [0.4, 0.5) is 29.7 Å². The number of aromatic nitrogens is 6.